The maximum Gasteiger partial charge on any atom is 0.147 e. The van der Waals surface area contributed by atoms with Gasteiger partial charge in [-0.25, -0.2) is 4.68 Å². The second-order valence-corrected chi connectivity index (χ2v) is 5.38. The molecule has 3 aromatic rings. The predicted octanol–water partition coefficient (Wildman–Crippen LogP) is 2.07. The summed E-state index contributed by atoms with van der Waals surface area (Å²) < 4.78 is 4.26. The lowest BCUT2D eigenvalue weighted by atomic mass is 10.1. The van der Waals surface area contributed by atoms with E-state index in [9.17, 15) is 0 Å². The number of halogens is 1. The fraction of sp³-hybridized carbons (Fsp3) is 0.143. The van der Waals surface area contributed by atoms with Crippen LogP contribution in [0.1, 0.15) is 0 Å². The zero-order chi connectivity index (χ0) is 14.8. The van der Waals surface area contributed by atoms with Gasteiger partial charge in [-0.05, 0) is 33.6 Å². The third kappa shape index (κ3) is 2.84. The molecule has 0 fully saturated rings. The van der Waals surface area contributed by atoms with E-state index in [4.69, 9.17) is 10.8 Å². The van der Waals surface area contributed by atoms with Crippen molar-refractivity contribution in [2.75, 3.05) is 12.3 Å². The smallest absolute Gasteiger partial charge is 0.147 e. The molecule has 0 aliphatic heterocycles. The summed E-state index contributed by atoms with van der Waals surface area (Å²) in [7, 11) is 0. The molecule has 0 aliphatic carbocycles. The summed E-state index contributed by atoms with van der Waals surface area (Å²) >= 11 is 3.42. The first kappa shape index (κ1) is 13.8. The molecule has 2 heterocycles. The first-order valence-electron chi connectivity index (χ1n) is 6.42. The average molecular weight is 348 g/mol. The summed E-state index contributed by atoms with van der Waals surface area (Å²) in [6, 6.07) is 9.69. The minimum absolute atomic E-state index is 0.0782. The fourth-order valence-electron chi connectivity index (χ4n) is 2.09. The number of aliphatic hydroxyl groups is 1. The normalized spacial score (nSPS) is 11.0. The summed E-state index contributed by atoms with van der Waals surface area (Å²) in [6.07, 6.45) is 3.69. The molecule has 1 aromatic carbocycles. The van der Waals surface area contributed by atoms with Crippen LogP contribution in [0.2, 0.25) is 0 Å². The molecule has 0 unspecified atom stereocenters. The van der Waals surface area contributed by atoms with Crippen molar-refractivity contribution in [3.05, 3.63) is 47.3 Å². The molecule has 2 aromatic heterocycles. The zero-order valence-electron chi connectivity index (χ0n) is 11.1. The zero-order valence-corrected chi connectivity index (χ0v) is 12.7. The van der Waals surface area contributed by atoms with E-state index in [-0.39, 0.29) is 6.61 Å². The van der Waals surface area contributed by atoms with Crippen LogP contribution in [0.25, 0.3) is 16.8 Å². The Kier molecular flexibility index (Phi) is 3.76. The number of aromatic nitrogens is 4. The number of rotatable bonds is 4. The molecule has 0 bridgehead atoms. The first-order chi connectivity index (χ1) is 10.2. The summed E-state index contributed by atoms with van der Waals surface area (Å²) in [5.41, 5.74) is 8.66. The highest BCUT2D eigenvalue weighted by Gasteiger charge is 2.06. The Bertz CT molecular complexity index is 747. The summed E-state index contributed by atoms with van der Waals surface area (Å²) in [5, 5.41) is 17.3. The molecular formula is C14H14BrN5O. The number of benzene rings is 1. The molecule has 21 heavy (non-hydrogen) atoms. The Morgan fingerprint density at radius 3 is 2.57 bits per heavy atom. The van der Waals surface area contributed by atoms with Gasteiger partial charge in [0.25, 0.3) is 0 Å². The van der Waals surface area contributed by atoms with E-state index in [0.717, 1.165) is 21.4 Å². The second kappa shape index (κ2) is 5.71. The van der Waals surface area contributed by atoms with E-state index in [1.54, 1.807) is 21.6 Å². The molecule has 0 radical (unpaired) electrons. The summed E-state index contributed by atoms with van der Waals surface area (Å²) in [4.78, 5) is 0. The largest absolute Gasteiger partial charge is 0.394 e. The van der Waals surface area contributed by atoms with Crippen LogP contribution in [0.5, 0.6) is 0 Å². The van der Waals surface area contributed by atoms with Crippen LogP contribution in [0.15, 0.2) is 47.3 Å². The van der Waals surface area contributed by atoms with Crippen molar-refractivity contribution in [3.8, 4) is 16.8 Å². The Morgan fingerprint density at radius 2 is 1.95 bits per heavy atom. The monoisotopic (exact) mass is 347 g/mol. The van der Waals surface area contributed by atoms with Gasteiger partial charge < -0.3 is 10.8 Å². The van der Waals surface area contributed by atoms with Gasteiger partial charge in [0.15, 0.2) is 0 Å². The van der Waals surface area contributed by atoms with E-state index in [1.165, 1.54) is 0 Å². The molecule has 0 aliphatic rings. The fourth-order valence-corrected chi connectivity index (χ4v) is 2.61. The maximum absolute atomic E-state index is 8.90. The van der Waals surface area contributed by atoms with Crippen molar-refractivity contribution in [1.82, 2.24) is 19.6 Å². The molecule has 3 rings (SSSR count). The number of anilines is 1. The van der Waals surface area contributed by atoms with E-state index >= 15 is 0 Å². The van der Waals surface area contributed by atoms with E-state index in [2.05, 4.69) is 26.1 Å². The number of nitrogens with zero attached hydrogens (tertiary/aromatic N) is 4. The van der Waals surface area contributed by atoms with E-state index in [1.807, 2.05) is 30.5 Å². The Hall–Kier alpha value is -2.12. The average Bonchev–Trinajstić information content (AvgIpc) is 3.06. The van der Waals surface area contributed by atoms with Crippen LogP contribution in [-0.2, 0) is 6.54 Å². The van der Waals surface area contributed by atoms with Gasteiger partial charge in [0.05, 0.1) is 25.0 Å². The highest BCUT2D eigenvalue weighted by molar-refractivity contribution is 9.10. The SMILES string of the molecule is Nc1cc(Br)n(-c2ccc(-c3cnn(CCO)c3)cc2)n1. The maximum atomic E-state index is 8.90. The quantitative estimate of drug-likeness (QED) is 0.756. The molecule has 3 N–H and O–H groups in total. The predicted molar refractivity (Wildman–Crippen MR) is 84.0 cm³/mol. The Balaban J connectivity index is 1.88. The van der Waals surface area contributed by atoms with Gasteiger partial charge in [-0.1, -0.05) is 12.1 Å². The van der Waals surface area contributed by atoms with Crippen LogP contribution in [0.3, 0.4) is 0 Å². The minimum Gasteiger partial charge on any atom is -0.394 e. The topological polar surface area (TPSA) is 81.9 Å². The van der Waals surface area contributed by atoms with Crippen molar-refractivity contribution >= 4 is 21.7 Å². The Morgan fingerprint density at radius 1 is 1.19 bits per heavy atom. The molecule has 0 amide bonds. The van der Waals surface area contributed by atoms with Gasteiger partial charge in [-0.3, -0.25) is 4.68 Å². The van der Waals surface area contributed by atoms with Crippen molar-refractivity contribution in [2.24, 2.45) is 0 Å². The summed E-state index contributed by atoms with van der Waals surface area (Å²) in [6.45, 7) is 0.576. The van der Waals surface area contributed by atoms with Crippen molar-refractivity contribution in [1.29, 1.82) is 0 Å². The molecule has 0 atom stereocenters. The van der Waals surface area contributed by atoms with Gasteiger partial charge in [0.2, 0.25) is 0 Å². The van der Waals surface area contributed by atoms with E-state index < -0.39 is 0 Å². The molecule has 0 saturated carbocycles. The number of nitrogen functional groups attached to an aromatic ring is 1. The van der Waals surface area contributed by atoms with Gasteiger partial charge in [0, 0.05) is 17.8 Å². The second-order valence-electron chi connectivity index (χ2n) is 4.57. The molecule has 0 spiro atoms. The van der Waals surface area contributed by atoms with E-state index in [0.29, 0.717) is 12.4 Å². The lowest BCUT2D eigenvalue weighted by molar-refractivity contribution is 0.269. The van der Waals surface area contributed by atoms with Crippen LogP contribution in [0.4, 0.5) is 5.82 Å². The molecule has 7 heteroatoms. The number of hydrogen-bond donors (Lipinski definition) is 2. The van der Waals surface area contributed by atoms with Gasteiger partial charge >= 0.3 is 0 Å². The van der Waals surface area contributed by atoms with Gasteiger partial charge in [-0.15, -0.1) is 5.10 Å². The Labute approximate surface area is 129 Å². The van der Waals surface area contributed by atoms with Crippen molar-refractivity contribution < 1.29 is 5.11 Å². The van der Waals surface area contributed by atoms with Crippen LogP contribution >= 0.6 is 15.9 Å². The molecular weight excluding hydrogens is 334 g/mol. The van der Waals surface area contributed by atoms with Crippen molar-refractivity contribution in [3.63, 3.8) is 0 Å². The lowest BCUT2D eigenvalue weighted by Gasteiger charge is -2.04. The third-order valence-corrected chi connectivity index (χ3v) is 3.66. The number of aliphatic hydroxyl groups excluding tert-OH is 1. The molecule has 108 valence electrons. The molecule has 0 saturated heterocycles. The molecule has 6 nitrogen and oxygen atoms in total. The van der Waals surface area contributed by atoms with Crippen LogP contribution < -0.4 is 5.73 Å². The lowest BCUT2D eigenvalue weighted by Crippen LogP contribution is -2.01. The highest BCUT2D eigenvalue weighted by Crippen LogP contribution is 2.23. The van der Waals surface area contributed by atoms with Crippen LogP contribution in [0, 0.1) is 0 Å². The first-order valence-corrected chi connectivity index (χ1v) is 7.22. The summed E-state index contributed by atoms with van der Waals surface area (Å²) in [5.74, 6) is 0.469. The van der Waals surface area contributed by atoms with Crippen LogP contribution in [-0.4, -0.2) is 31.3 Å². The minimum atomic E-state index is 0.0782. The standard InChI is InChI=1S/C14H14BrN5O/c15-13-7-14(16)18-20(13)12-3-1-10(2-4-12)11-8-17-19(9-11)5-6-21/h1-4,7-9,21H,5-6H2,(H2,16,18). The van der Waals surface area contributed by atoms with Gasteiger partial charge in [-0.2, -0.15) is 5.10 Å². The van der Waals surface area contributed by atoms with Gasteiger partial charge in [0.1, 0.15) is 10.4 Å². The highest BCUT2D eigenvalue weighted by atomic mass is 79.9. The number of nitrogens with two attached hydrogens (primary N) is 1. The number of hydrogen-bond acceptors (Lipinski definition) is 4. The van der Waals surface area contributed by atoms with Crippen molar-refractivity contribution in [2.45, 2.75) is 6.54 Å². The third-order valence-electron chi connectivity index (χ3n) is 3.09.